The zero-order valence-electron chi connectivity index (χ0n) is 17.1. The number of aromatic carboxylic acids is 1. The Kier molecular flexibility index (Phi) is 5.93. The highest BCUT2D eigenvalue weighted by molar-refractivity contribution is 5.85. The molecule has 2 aromatic rings. The molecular formula is C24H22F2N2O3. The van der Waals surface area contributed by atoms with Crippen LogP contribution in [0.1, 0.15) is 54.4 Å². The Hall–Kier alpha value is -3.35. The SMILES string of the molecule is CC1=CC=C(OCc2ccc(F)cc2F)C(C2=C(c3cncc(C(=O)O)n3)CCC2)C1. The van der Waals surface area contributed by atoms with Crippen molar-refractivity contribution in [3.63, 3.8) is 0 Å². The molecular weight excluding hydrogens is 402 g/mol. The van der Waals surface area contributed by atoms with E-state index >= 15 is 0 Å². The van der Waals surface area contributed by atoms with Gasteiger partial charge in [-0.1, -0.05) is 17.2 Å². The van der Waals surface area contributed by atoms with E-state index in [1.165, 1.54) is 23.9 Å². The van der Waals surface area contributed by atoms with Gasteiger partial charge in [-0.05, 0) is 56.4 Å². The van der Waals surface area contributed by atoms with Crippen molar-refractivity contribution in [3.05, 3.63) is 88.2 Å². The van der Waals surface area contributed by atoms with Gasteiger partial charge in [0.2, 0.25) is 0 Å². The lowest BCUT2D eigenvalue weighted by Gasteiger charge is -2.27. The summed E-state index contributed by atoms with van der Waals surface area (Å²) in [7, 11) is 0. The summed E-state index contributed by atoms with van der Waals surface area (Å²) in [5.74, 6) is -1.70. The van der Waals surface area contributed by atoms with Crippen molar-refractivity contribution in [1.29, 1.82) is 0 Å². The molecule has 1 unspecified atom stereocenters. The van der Waals surface area contributed by atoms with Crippen molar-refractivity contribution in [1.82, 2.24) is 9.97 Å². The maximum atomic E-state index is 14.0. The number of benzene rings is 1. The number of allylic oxidation sites excluding steroid dienone is 5. The van der Waals surface area contributed by atoms with Gasteiger partial charge in [-0.3, -0.25) is 4.98 Å². The van der Waals surface area contributed by atoms with Gasteiger partial charge in [-0.15, -0.1) is 0 Å². The molecule has 5 nitrogen and oxygen atoms in total. The van der Waals surface area contributed by atoms with E-state index in [-0.39, 0.29) is 23.8 Å². The van der Waals surface area contributed by atoms with Gasteiger partial charge in [-0.25, -0.2) is 18.6 Å². The third-order valence-electron chi connectivity index (χ3n) is 5.66. The number of halogens is 2. The Morgan fingerprint density at radius 1 is 1.23 bits per heavy atom. The number of ether oxygens (including phenoxy) is 1. The maximum absolute atomic E-state index is 14.0. The van der Waals surface area contributed by atoms with E-state index in [4.69, 9.17) is 4.74 Å². The molecule has 1 atom stereocenters. The van der Waals surface area contributed by atoms with Crippen molar-refractivity contribution < 1.29 is 23.4 Å². The fourth-order valence-corrected chi connectivity index (χ4v) is 4.13. The Morgan fingerprint density at radius 2 is 2.06 bits per heavy atom. The minimum atomic E-state index is -1.11. The van der Waals surface area contributed by atoms with E-state index in [1.807, 2.05) is 19.1 Å². The summed E-state index contributed by atoms with van der Waals surface area (Å²) in [6, 6.07) is 3.45. The zero-order chi connectivity index (χ0) is 22.0. The molecule has 0 spiro atoms. The van der Waals surface area contributed by atoms with Crippen LogP contribution in [0.4, 0.5) is 8.78 Å². The first-order chi connectivity index (χ1) is 14.9. The van der Waals surface area contributed by atoms with Crippen molar-refractivity contribution in [2.75, 3.05) is 0 Å². The Balaban J connectivity index is 1.63. The van der Waals surface area contributed by atoms with Crippen molar-refractivity contribution in [2.24, 2.45) is 5.92 Å². The van der Waals surface area contributed by atoms with Crippen molar-refractivity contribution >= 4 is 11.5 Å². The number of hydrogen-bond acceptors (Lipinski definition) is 4. The number of hydrogen-bond donors (Lipinski definition) is 1. The number of carboxylic acid groups (broad SMARTS) is 1. The van der Waals surface area contributed by atoms with Crippen molar-refractivity contribution in [3.8, 4) is 0 Å². The van der Waals surface area contributed by atoms with Crippen LogP contribution < -0.4 is 0 Å². The van der Waals surface area contributed by atoms with Gasteiger partial charge >= 0.3 is 5.97 Å². The standard InChI is InChI=1S/C24H22F2N2O3/c1-14-5-8-23(31-13-15-6-7-16(25)10-20(15)26)19(9-14)17-3-2-4-18(17)21-11-27-12-22(28-21)24(29)30/h5-8,10-12,19H,2-4,9,13H2,1H3,(H,29,30). The lowest BCUT2D eigenvalue weighted by molar-refractivity contribution is 0.0690. The van der Waals surface area contributed by atoms with E-state index in [2.05, 4.69) is 9.97 Å². The van der Waals surface area contributed by atoms with Crippen LogP contribution in [0.2, 0.25) is 0 Å². The minimum Gasteiger partial charge on any atom is -0.492 e. The topological polar surface area (TPSA) is 72.3 Å². The summed E-state index contributed by atoms with van der Waals surface area (Å²) in [6.07, 6.45) is 10.0. The molecule has 1 heterocycles. The molecule has 160 valence electrons. The van der Waals surface area contributed by atoms with Crippen LogP contribution in [0.3, 0.4) is 0 Å². The number of carboxylic acids is 1. The molecule has 1 aromatic heterocycles. The lowest BCUT2D eigenvalue weighted by Crippen LogP contribution is -2.15. The molecule has 0 saturated heterocycles. The summed E-state index contributed by atoms with van der Waals surface area (Å²) in [5, 5.41) is 9.25. The van der Waals surface area contributed by atoms with Gasteiger partial charge in [-0.2, -0.15) is 0 Å². The molecule has 0 saturated carbocycles. The predicted molar refractivity (Wildman–Crippen MR) is 111 cm³/mol. The third kappa shape index (κ3) is 4.55. The molecule has 7 heteroatoms. The van der Waals surface area contributed by atoms with Crippen LogP contribution in [-0.2, 0) is 11.3 Å². The molecule has 0 aliphatic heterocycles. The van der Waals surface area contributed by atoms with Gasteiger partial charge in [0.1, 0.15) is 24.0 Å². The van der Waals surface area contributed by atoms with Gasteiger partial charge in [0.15, 0.2) is 5.69 Å². The second-order valence-corrected chi connectivity index (χ2v) is 7.82. The Bertz CT molecular complexity index is 1120. The highest BCUT2D eigenvalue weighted by Crippen LogP contribution is 2.43. The van der Waals surface area contributed by atoms with E-state index in [1.54, 1.807) is 6.20 Å². The number of aromatic nitrogens is 2. The average molecular weight is 424 g/mol. The van der Waals surface area contributed by atoms with Gasteiger partial charge in [0, 0.05) is 17.5 Å². The summed E-state index contributed by atoms with van der Waals surface area (Å²) in [6.45, 7) is 2.04. The first-order valence-corrected chi connectivity index (χ1v) is 10.1. The molecule has 2 aliphatic carbocycles. The van der Waals surface area contributed by atoms with Gasteiger partial charge in [0.25, 0.3) is 0 Å². The molecule has 0 fully saturated rings. The van der Waals surface area contributed by atoms with Crippen molar-refractivity contribution in [2.45, 2.75) is 39.2 Å². The number of carbonyl (C=O) groups is 1. The molecule has 0 radical (unpaired) electrons. The molecule has 0 amide bonds. The summed E-state index contributed by atoms with van der Waals surface area (Å²) in [4.78, 5) is 19.6. The highest BCUT2D eigenvalue weighted by Gasteiger charge is 2.30. The first-order valence-electron chi connectivity index (χ1n) is 10.1. The fraction of sp³-hybridized carbons (Fsp3) is 0.292. The summed E-state index contributed by atoms with van der Waals surface area (Å²) < 4.78 is 33.2. The average Bonchev–Trinajstić information content (AvgIpc) is 3.23. The fourth-order valence-electron chi connectivity index (χ4n) is 4.13. The zero-order valence-corrected chi connectivity index (χ0v) is 17.1. The summed E-state index contributed by atoms with van der Waals surface area (Å²) >= 11 is 0. The molecule has 31 heavy (non-hydrogen) atoms. The second-order valence-electron chi connectivity index (χ2n) is 7.82. The van der Waals surface area contributed by atoms with Gasteiger partial charge in [0.05, 0.1) is 18.1 Å². The van der Waals surface area contributed by atoms with Gasteiger partial charge < -0.3 is 9.84 Å². The van der Waals surface area contributed by atoms with Crippen LogP contribution in [0.5, 0.6) is 0 Å². The molecule has 2 aliphatic rings. The van der Waals surface area contributed by atoms with E-state index < -0.39 is 17.6 Å². The molecule has 0 bridgehead atoms. The predicted octanol–water partition coefficient (Wildman–Crippen LogP) is 5.46. The molecule has 1 aromatic carbocycles. The normalized spacial score (nSPS) is 18.6. The van der Waals surface area contributed by atoms with Crippen LogP contribution in [0.15, 0.2) is 59.7 Å². The summed E-state index contributed by atoms with van der Waals surface area (Å²) in [5.41, 5.74) is 4.11. The smallest absolute Gasteiger partial charge is 0.356 e. The van der Waals surface area contributed by atoms with Crippen LogP contribution >= 0.6 is 0 Å². The Labute approximate surface area is 178 Å². The van der Waals surface area contributed by atoms with E-state index in [0.29, 0.717) is 11.5 Å². The van der Waals surface area contributed by atoms with E-state index in [0.717, 1.165) is 42.9 Å². The molecule has 4 rings (SSSR count). The van der Waals surface area contributed by atoms with Crippen LogP contribution in [0, 0.1) is 17.6 Å². The lowest BCUT2D eigenvalue weighted by atomic mass is 9.84. The highest BCUT2D eigenvalue weighted by atomic mass is 19.1. The second kappa shape index (κ2) is 8.79. The Morgan fingerprint density at radius 3 is 2.84 bits per heavy atom. The quantitative estimate of drug-likeness (QED) is 0.667. The van der Waals surface area contributed by atoms with Crippen LogP contribution in [-0.4, -0.2) is 21.0 Å². The maximum Gasteiger partial charge on any atom is 0.356 e. The minimum absolute atomic E-state index is 0.00173. The monoisotopic (exact) mass is 424 g/mol. The van der Waals surface area contributed by atoms with Crippen LogP contribution in [0.25, 0.3) is 5.57 Å². The third-order valence-corrected chi connectivity index (χ3v) is 5.66. The van der Waals surface area contributed by atoms with E-state index in [9.17, 15) is 18.7 Å². The molecule has 1 N–H and O–H groups in total. The largest absolute Gasteiger partial charge is 0.492 e. The number of nitrogens with zero attached hydrogens (tertiary/aromatic N) is 2. The first kappa shape index (κ1) is 20.9. The number of rotatable bonds is 6.